The molecule has 0 aliphatic heterocycles. The number of carbonyl (C=O) groups excluding carboxylic acids is 3. The number of amides is 2. The third-order valence-corrected chi connectivity index (χ3v) is 7.25. The van der Waals surface area contributed by atoms with Gasteiger partial charge in [0.25, 0.3) is 5.91 Å². The van der Waals surface area contributed by atoms with Crippen LogP contribution < -0.4 is 11.1 Å². The molecule has 0 aliphatic rings. The molecule has 0 saturated heterocycles. The second-order valence-corrected chi connectivity index (χ2v) is 10.6. The van der Waals surface area contributed by atoms with Gasteiger partial charge in [0.15, 0.2) is 0 Å². The van der Waals surface area contributed by atoms with Crippen molar-refractivity contribution in [2.24, 2.45) is 5.73 Å². The number of hydrogen-bond donors (Lipinski definition) is 3. The van der Waals surface area contributed by atoms with Crippen LogP contribution in [0.2, 0.25) is 0 Å². The largest absolute Gasteiger partial charge is 0.481 e. The first-order chi connectivity index (χ1) is 20.8. The van der Waals surface area contributed by atoms with E-state index in [0.717, 1.165) is 33.9 Å². The Balaban J connectivity index is 1.49. The Labute approximate surface area is 250 Å². The Bertz CT molecular complexity index is 1570. The van der Waals surface area contributed by atoms with Gasteiger partial charge in [-0.3, -0.25) is 14.4 Å². The van der Waals surface area contributed by atoms with Crippen molar-refractivity contribution < 1.29 is 29.0 Å². The second-order valence-electron chi connectivity index (χ2n) is 10.6. The summed E-state index contributed by atoms with van der Waals surface area (Å²) in [6.07, 6.45) is 0.581. The van der Waals surface area contributed by atoms with Crippen LogP contribution in [0.1, 0.15) is 52.7 Å². The van der Waals surface area contributed by atoms with E-state index in [4.69, 9.17) is 15.6 Å². The van der Waals surface area contributed by atoms with Crippen molar-refractivity contribution in [1.82, 2.24) is 5.32 Å². The van der Waals surface area contributed by atoms with Crippen LogP contribution >= 0.6 is 0 Å². The number of benzene rings is 4. The molecule has 2 amide bonds. The molecule has 2 atom stereocenters. The van der Waals surface area contributed by atoms with Gasteiger partial charge in [0.05, 0.1) is 6.42 Å². The number of carbonyl (C=O) groups is 4. The van der Waals surface area contributed by atoms with Gasteiger partial charge in [0.2, 0.25) is 5.91 Å². The number of aliphatic carboxylic acids is 1. The first-order valence-corrected chi connectivity index (χ1v) is 14.4. The van der Waals surface area contributed by atoms with E-state index in [1.807, 2.05) is 84.9 Å². The number of nitrogens with two attached hydrogens (primary N) is 1. The van der Waals surface area contributed by atoms with E-state index in [1.54, 1.807) is 12.1 Å². The summed E-state index contributed by atoms with van der Waals surface area (Å²) in [7, 11) is 0. The maximum atomic E-state index is 13.5. The summed E-state index contributed by atoms with van der Waals surface area (Å²) in [6.45, 7) is 0. The van der Waals surface area contributed by atoms with Crippen molar-refractivity contribution >= 4 is 34.5 Å². The van der Waals surface area contributed by atoms with Gasteiger partial charge in [0, 0.05) is 18.4 Å². The average Bonchev–Trinajstić information content (AvgIpc) is 2.99. The van der Waals surface area contributed by atoms with Crippen LogP contribution in [-0.2, 0) is 38.4 Å². The highest BCUT2D eigenvalue weighted by atomic mass is 16.5. The fraction of sp³-hybridized carbons (Fsp3) is 0.257. The summed E-state index contributed by atoms with van der Waals surface area (Å²) in [4.78, 5) is 49.9. The summed E-state index contributed by atoms with van der Waals surface area (Å²) in [5.41, 5.74) is 8.73. The van der Waals surface area contributed by atoms with Crippen molar-refractivity contribution in [3.63, 3.8) is 0 Å². The molecule has 43 heavy (non-hydrogen) atoms. The van der Waals surface area contributed by atoms with Gasteiger partial charge >= 0.3 is 11.9 Å². The molecule has 0 aliphatic carbocycles. The van der Waals surface area contributed by atoms with Gasteiger partial charge < -0.3 is 20.9 Å². The number of nitrogens with one attached hydrogen (secondary N) is 1. The number of primary amides is 1. The minimum atomic E-state index is -1.11. The van der Waals surface area contributed by atoms with Crippen LogP contribution in [0.4, 0.5) is 0 Å². The Kier molecular flexibility index (Phi) is 11.0. The molecule has 222 valence electrons. The molecule has 0 fully saturated rings. The van der Waals surface area contributed by atoms with Crippen molar-refractivity contribution in [2.75, 3.05) is 0 Å². The van der Waals surface area contributed by atoms with E-state index >= 15 is 0 Å². The number of hydrogen-bond acceptors (Lipinski definition) is 5. The summed E-state index contributed by atoms with van der Waals surface area (Å²) in [6, 6.07) is 29.7. The standard InChI is InChI=1S/C35H36N2O6/c36-32(38)23-29(22-25-18-19-26-11-4-5-13-28(26)21-25)43-35(42)31(15-8-16-33(39)40)37-34(41)30-14-7-6-12-27(30)20-17-24-9-2-1-3-10-24/h1-7,9-14,18-19,21,29,31H,8,15-17,20,22-23H2,(H2,36,38)(H,37,41)(H,39,40)/t29-,31-/m0/s1. The van der Waals surface area contributed by atoms with E-state index < -0.39 is 35.9 Å². The summed E-state index contributed by atoms with van der Waals surface area (Å²) in [5, 5.41) is 14.0. The van der Waals surface area contributed by atoms with Crippen LogP contribution in [0.15, 0.2) is 97.1 Å². The lowest BCUT2D eigenvalue weighted by molar-refractivity contribution is -0.153. The van der Waals surface area contributed by atoms with Gasteiger partial charge in [-0.15, -0.1) is 0 Å². The predicted molar refractivity (Wildman–Crippen MR) is 164 cm³/mol. The van der Waals surface area contributed by atoms with E-state index in [9.17, 15) is 19.2 Å². The number of fused-ring (bicyclic) bond motifs is 1. The van der Waals surface area contributed by atoms with Gasteiger partial charge in [-0.25, -0.2) is 4.79 Å². The summed E-state index contributed by atoms with van der Waals surface area (Å²) in [5.74, 6) is -2.83. The molecule has 0 saturated carbocycles. The van der Waals surface area contributed by atoms with Crippen LogP contribution in [0.5, 0.6) is 0 Å². The second kappa shape index (κ2) is 15.3. The van der Waals surface area contributed by atoms with Crippen LogP contribution in [0, 0.1) is 0 Å². The normalized spacial score (nSPS) is 12.3. The van der Waals surface area contributed by atoms with E-state index in [0.29, 0.717) is 12.0 Å². The minimum Gasteiger partial charge on any atom is -0.481 e. The molecular formula is C35H36N2O6. The third-order valence-electron chi connectivity index (χ3n) is 7.25. The van der Waals surface area contributed by atoms with Crippen molar-refractivity contribution in [1.29, 1.82) is 0 Å². The zero-order chi connectivity index (χ0) is 30.6. The Morgan fingerprint density at radius 2 is 1.49 bits per heavy atom. The number of esters is 1. The monoisotopic (exact) mass is 580 g/mol. The molecule has 4 aromatic rings. The molecule has 0 radical (unpaired) electrons. The molecule has 0 spiro atoms. The molecule has 0 unspecified atom stereocenters. The first-order valence-electron chi connectivity index (χ1n) is 14.4. The van der Waals surface area contributed by atoms with Crippen LogP contribution in [0.3, 0.4) is 0 Å². The zero-order valence-electron chi connectivity index (χ0n) is 23.9. The van der Waals surface area contributed by atoms with Crippen LogP contribution in [0.25, 0.3) is 10.8 Å². The van der Waals surface area contributed by atoms with Gasteiger partial charge in [-0.2, -0.15) is 0 Å². The number of aryl methyl sites for hydroxylation is 2. The lowest BCUT2D eigenvalue weighted by Crippen LogP contribution is -2.44. The molecule has 4 rings (SSSR count). The maximum absolute atomic E-state index is 13.5. The van der Waals surface area contributed by atoms with E-state index in [1.165, 1.54) is 0 Å². The smallest absolute Gasteiger partial charge is 0.328 e. The highest BCUT2D eigenvalue weighted by molar-refractivity contribution is 5.98. The van der Waals surface area contributed by atoms with Gasteiger partial charge in [-0.05, 0) is 59.2 Å². The maximum Gasteiger partial charge on any atom is 0.328 e. The number of carboxylic acid groups (broad SMARTS) is 1. The molecular weight excluding hydrogens is 544 g/mol. The fourth-order valence-electron chi connectivity index (χ4n) is 5.08. The SMILES string of the molecule is NC(=O)C[C@H](Cc1ccc2ccccc2c1)OC(=O)[C@H](CCCC(=O)O)NC(=O)c1ccccc1CCc1ccccc1. The number of ether oxygens (including phenoxy) is 1. The summed E-state index contributed by atoms with van der Waals surface area (Å²) >= 11 is 0. The lowest BCUT2D eigenvalue weighted by Gasteiger charge is -2.23. The van der Waals surface area contributed by atoms with E-state index in [2.05, 4.69) is 5.32 Å². The topological polar surface area (TPSA) is 136 Å². The van der Waals surface area contributed by atoms with Crippen molar-refractivity contribution in [3.8, 4) is 0 Å². The highest BCUT2D eigenvalue weighted by Crippen LogP contribution is 2.19. The zero-order valence-corrected chi connectivity index (χ0v) is 23.9. The minimum absolute atomic E-state index is 0.0579. The van der Waals surface area contributed by atoms with Gasteiger partial charge in [0.1, 0.15) is 12.1 Å². The molecule has 4 N–H and O–H groups in total. The summed E-state index contributed by atoms with van der Waals surface area (Å²) < 4.78 is 5.77. The Morgan fingerprint density at radius 3 is 2.23 bits per heavy atom. The molecule has 8 nitrogen and oxygen atoms in total. The van der Waals surface area contributed by atoms with Gasteiger partial charge in [-0.1, -0.05) is 91.0 Å². The van der Waals surface area contributed by atoms with Crippen molar-refractivity contribution in [3.05, 3.63) is 119 Å². The van der Waals surface area contributed by atoms with E-state index in [-0.39, 0.29) is 32.1 Å². The average molecular weight is 581 g/mol. The molecule has 0 heterocycles. The molecule has 0 aromatic heterocycles. The quantitative estimate of drug-likeness (QED) is 0.169. The number of rotatable bonds is 15. The fourth-order valence-corrected chi connectivity index (χ4v) is 5.08. The highest BCUT2D eigenvalue weighted by Gasteiger charge is 2.27. The molecule has 0 bridgehead atoms. The van der Waals surface area contributed by atoms with Crippen molar-refractivity contribution in [2.45, 2.75) is 57.1 Å². The number of carboxylic acids is 1. The lowest BCUT2D eigenvalue weighted by atomic mass is 9.99. The van der Waals surface area contributed by atoms with Crippen LogP contribution in [-0.4, -0.2) is 41.0 Å². The Hall–Kier alpha value is -4.98. The predicted octanol–water partition coefficient (Wildman–Crippen LogP) is 5.01. The third kappa shape index (κ3) is 9.53. The Morgan fingerprint density at radius 1 is 0.791 bits per heavy atom. The first kappa shape index (κ1) is 31.0. The molecule has 8 heteroatoms. The molecule has 4 aromatic carbocycles.